The summed E-state index contributed by atoms with van der Waals surface area (Å²) in [7, 11) is -1.15. The van der Waals surface area contributed by atoms with Gasteiger partial charge >= 0.3 is 11.9 Å². The minimum absolute atomic E-state index is 0.0330. The Hall–Kier alpha value is -2.91. The van der Waals surface area contributed by atoms with Crippen LogP contribution in [-0.2, 0) is 26.1 Å². The van der Waals surface area contributed by atoms with Crippen LogP contribution in [-0.4, -0.2) is 40.6 Å². The molecule has 0 radical (unpaired) electrons. The standard InChI is InChI=1S/C20H21NO7S/c1-26-17-10-7-15(11-18(17)29(24,25)21-16-8-9-16)20(23)28-12-13-3-5-14(6-4-13)19(22)27-2/h3-7,10-11,16,21H,8-9,12H2,1-2H3. The number of benzene rings is 2. The Labute approximate surface area is 168 Å². The first-order valence-electron chi connectivity index (χ1n) is 8.89. The summed E-state index contributed by atoms with van der Waals surface area (Å²) in [5.74, 6) is -0.985. The first kappa shape index (κ1) is 20.8. The minimum Gasteiger partial charge on any atom is -0.495 e. The average molecular weight is 419 g/mol. The molecular formula is C20H21NO7S. The van der Waals surface area contributed by atoms with Gasteiger partial charge in [-0.1, -0.05) is 12.1 Å². The fourth-order valence-corrected chi connectivity index (χ4v) is 4.08. The van der Waals surface area contributed by atoms with Gasteiger partial charge in [0.15, 0.2) is 0 Å². The Morgan fingerprint density at radius 1 is 1.00 bits per heavy atom. The third kappa shape index (κ3) is 5.12. The van der Waals surface area contributed by atoms with Gasteiger partial charge in [-0.05, 0) is 48.7 Å². The van der Waals surface area contributed by atoms with Gasteiger partial charge in [0, 0.05) is 6.04 Å². The summed E-state index contributed by atoms with van der Waals surface area (Å²) < 4.78 is 42.7. The van der Waals surface area contributed by atoms with Gasteiger partial charge in [-0.25, -0.2) is 22.7 Å². The summed E-state index contributed by atoms with van der Waals surface area (Å²) in [5.41, 5.74) is 1.15. The lowest BCUT2D eigenvalue weighted by Gasteiger charge is -2.12. The number of nitrogens with one attached hydrogen (secondary N) is 1. The van der Waals surface area contributed by atoms with E-state index in [0.29, 0.717) is 11.1 Å². The topological polar surface area (TPSA) is 108 Å². The molecule has 1 fully saturated rings. The fraction of sp³-hybridized carbons (Fsp3) is 0.300. The van der Waals surface area contributed by atoms with Crippen molar-refractivity contribution in [2.75, 3.05) is 14.2 Å². The molecule has 1 N–H and O–H groups in total. The molecule has 0 aromatic heterocycles. The van der Waals surface area contributed by atoms with Crippen LogP contribution in [0.4, 0.5) is 0 Å². The Kier molecular flexibility index (Phi) is 6.19. The molecule has 2 aromatic rings. The van der Waals surface area contributed by atoms with E-state index in [4.69, 9.17) is 9.47 Å². The van der Waals surface area contributed by atoms with Crippen LogP contribution in [0.25, 0.3) is 0 Å². The second-order valence-corrected chi connectivity index (χ2v) is 8.21. The second kappa shape index (κ2) is 8.62. The van der Waals surface area contributed by atoms with Gasteiger partial charge in [-0.3, -0.25) is 0 Å². The highest BCUT2D eigenvalue weighted by molar-refractivity contribution is 7.89. The van der Waals surface area contributed by atoms with Crippen LogP contribution in [0.15, 0.2) is 47.4 Å². The van der Waals surface area contributed by atoms with Crippen LogP contribution in [0.2, 0.25) is 0 Å². The molecule has 8 nitrogen and oxygen atoms in total. The number of esters is 2. The van der Waals surface area contributed by atoms with E-state index in [1.807, 2.05) is 0 Å². The minimum atomic E-state index is -3.80. The molecule has 154 valence electrons. The molecule has 0 heterocycles. The third-order valence-corrected chi connectivity index (χ3v) is 5.87. The molecule has 0 atom stereocenters. The van der Waals surface area contributed by atoms with Crippen LogP contribution in [0.3, 0.4) is 0 Å². The molecule has 2 aromatic carbocycles. The van der Waals surface area contributed by atoms with E-state index in [-0.39, 0.29) is 28.9 Å². The lowest BCUT2D eigenvalue weighted by molar-refractivity contribution is 0.0471. The maximum absolute atomic E-state index is 12.5. The van der Waals surface area contributed by atoms with E-state index in [0.717, 1.165) is 12.8 Å². The predicted molar refractivity (Wildman–Crippen MR) is 103 cm³/mol. The molecule has 0 spiro atoms. The highest BCUT2D eigenvalue weighted by atomic mass is 32.2. The lowest BCUT2D eigenvalue weighted by atomic mass is 10.1. The largest absolute Gasteiger partial charge is 0.495 e. The highest BCUT2D eigenvalue weighted by Gasteiger charge is 2.30. The van der Waals surface area contributed by atoms with E-state index in [2.05, 4.69) is 9.46 Å². The number of carbonyl (C=O) groups excluding carboxylic acids is 2. The van der Waals surface area contributed by atoms with Gasteiger partial charge < -0.3 is 14.2 Å². The van der Waals surface area contributed by atoms with Crippen molar-refractivity contribution in [3.63, 3.8) is 0 Å². The van der Waals surface area contributed by atoms with E-state index in [1.54, 1.807) is 24.3 Å². The van der Waals surface area contributed by atoms with E-state index in [9.17, 15) is 18.0 Å². The van der Waals surface area contributed by atoms with Gasteiger partial charge in [-0.2, -0.15) is 0 Å². The van der Waals surface area contributed by atoms with Crippen LogP contribution >= 0.6 is 0 Å². The number of ether oxygens (including phenoxy) is 3. The summed E-state index contributed by atoms with van der Waals surface area (Å²) in [4.78, 5) is 23.7. The number of methoxy groups -OCH3 is 2. The summed E-state index contributed by atoms with van der Waals surface area (Å²) >= 11 is 0. The highest BCUT2D eigenvalue weighted by Crippen LogP contribution is 2.28. The molecule has 1 saturated carbocycles. The van der Waals surface area contributed by atoms with Crippen molar-refractivity contribution in [2.24, 2.45) is 0 Å². The maximum Gasteiger partial charge on any atom is 0.338 e. The van der Waals surface area contributed by atoms with Gasteiger partial charge in [0.1, 0.15) is 17.3 Å². The molecule has 1 aliphatic carbocycles. The van der Waals surface area contributed by atoms with Crippen LogP contribution in [0.5, 0.6) is 5.75 Å². The second-order valence-electron chi connectivity index (χ2n) is 6.53. The number of rotatable bonds is 8. The predicted octanol–water partition coefficient (Wildman–Crippen LogP) is 2.28. The summed E-state index contributed by atoms with van der Waals surface area (Å²) in [6.45, 7) is -0.0330. The van der Waals surface area contributed by atoms with Crippen LogP contribution in [0, 0.1) is 0 Å². The number of hydrogen-bond acceptors (Lipinski definition) is 7. The Morgan fingerprint density at radius 2 is 1.66 bits per heavy atom. The van der Waals surface area contributed by atoms with Crippen molar-refractivity contribution in [1.29, 1.82) is 0 Å². The van der Waals surface area contributed by atoms with Crippen molar-refractivity contribution in [1.82, 2.24) is 4.72 Å². The molecule has 0 amide bonds. The van der Waals surface area contributed by atoms with Crippen molar-refractivity contribution >= 4 is 22.0 Å². The number of sulfonamides is 1. The quantitative estimate of drug-likeness (QED) is 0.654. The molecule has 1 aliphatic rings. The summed E-state index contributed by atoms with van der Waals surface area (Å²) in [5, 5.41) is 0. The maximum atomic E-state index is 12.5. The Morgan fingerprint density at radius 3 is 2.24 bits per heavy atom. The smallest absolute Gasteiger partial charge is 0.338 e. The first-order chi connectivity index (χ1) is 13.8. The van der Waals surface area contributed by atoms with E-state index in [1.165, 1.54) is 32.4 Å². The Balaban J connectivity index is 1.72. The summed E-state index contributed by atoms with van der Waals surface area (Å²) in [6.07, 6.45) is 1.58. The molecule has 0 aliphatic heterocycles. The zero-order valence-corrected chi connectivity index (χ0v) is 16.8. The van der Waals surface area contributed by atoms with E-state index < -0.39 is 22.0 Å². The number of hydrogen-bond donors (Lipinski definition) is 1. The van der Waals surface area contributed by atoms with Crippen molar-refractivity contribution in [3.8, 4) is 5.75 Å². The van der Waals surface area contributed by atoms with Crippen molar-refractivity contribution in [2.45, 2.75) is 30.4 Å². The van der Waals surface area contributed by atoms with Crippen molar-refractivity contribution < 1.29 is 32.2 Å². The third-order valence-electron chi connectivity index (χ3n) is 4.33. The molecule has 0 bridgehead atoms. The van der Waals surface area contributed by atoms with Gasteiger partial charge in [0.05, 0.1) is 25.3 Å². The van der Waals surface area contributed by atoms with Gasteiger partial charge in [-0.15, -0.1) is 0 Å². The first-order valence-corrected chi connectivity index (χ1v) is 10.4. The van der Waals surface area contributed by atoms with E-state index >= 15 is 0 Å². The van der Waals surface area contributed by atoms with Crippen LogP contribution < -0.4 is 9.46 Å². The normalized spacial score (nSPS) is 13.6. The molecule has 29 heavy (non-hydrogen) atoms. The summed E-state index contributed by atoms with van der Waals surface area (Å²) in [6, 6.07) is 10.4. The van der Waals surface area contributed by atoms with Gasteiger partial charge in [0.25, 0.3) is 0 Å². The molecular weight excluding hydrogens is 398 g/mol. The fourth-order valence-electron chi connectivity index (χ4n) is 2.58. The Bertz CT molecular complexity index is 1010. The molecule has 0 saturated heterocycles. The molecule has 3 rings (SSSR count). The molecule has 9 heteroatoms. The zero-order chi connectivity index (χ0) is 21.0. The van der Waals surface area contributed by atoms with Crippen molar-refractivity contribution in [3.05, 3.63) is 59.2 Å². The SMILES string of the molecule is COC(=O)c1ccc(COC(=O)c2ccc(OC)c(S(=O)(=O)NC3CC3)c2)cc1. The lowest BCUT2D eigenvalue weighted by Crippen LogP contribution is -2.26. The van der Waals surface area contributed by atoms with Gasteiger partial charge in [0.2, 0.25) is 10.0 Å². The zero-order valence-electron chi connectivity index (χ0n) is 16.0. The number of carbonyl (C=O) groups is 2. The monoisotopic (exact) mass is 419 g/mol. The molecule has 0 unspecified atom stereocenters. The average Bonchev–Trinajstić information content (AvgIpc) is 3.54. The van der Waals surface area contributed by atoms with Crippen LogP contribution in [0.1, 0.15) is 39.1 Å².